The van der Waals surface area contributed by atoms with Crippen molar-refractivity contribution in [2.45, 2.75) is 6.04 Å². The number of nitrogens with one attached hydrogen (secondary N) is 1. The maximum absolute atomic E-state index is 13.3. The molecule has 0 saturated carbocycles. The van der Waals surface area contributed by atoms with Crippen LogP contribution in [0.15, 0.2) is 48.5 Å². The standard InChI is InChI=1S/C22H22FN3O4/c1-30-22(29)18(19-16-4-2-3-5-17(16)20(27)24-19)21(28)26-12-10-25(11-13-26)15-8-6-14(23)7-9-15/h2-9,18-19H,10-13H2,1H3,(H,24,27). The van der Waals surface area contributed by atoms with E-state index in [9.17, 15) is 18.8 Å². The summed E-state index contributed by atoms with van der Waals surface area (Å²) in [7, 11) is 1.23. The Morgan fingerprint density at radius 1 is 1.07 bits per heavy atom. The number of nitrogens with zero attached hydrogens (tertiary/aromatic N) is 2. The molecule has 8 heteroatoms. The van der Waals surface area contributed by atoms with Crippen molar-refractivity contribution in [2.75, 3.05) is 38.2 Å². The molecule has 2 aromatic carbocycles. The Kier molecular flexibility index (Phi) is 5.39. The molecule has 1 N–H and O–H groups in total. The second-order valence-electron chi connectivity index (χ2n) is 7.33. The van der Waals surface area contributed by atoms with Gasteiger partial charge in [0.25, 0.3) is 5.91 Å². The van der Waals surface area contributed by atoms with Gasteiger partial charge in [-0.3, -0.25) is 14.4 Å². The Balaban J connectivity index is 1.51. The summed E-state index contributed by atoms with van der Waals surface area (Å²) in [5, 5.41) is 2.76. The number of halogens is 1. The Morgan fingerprint density at radius 2 is 1.73 bits per heavy atom. The third-order valence-electron chi connectivity index (χ3n) is 5.66. The summed E-state index contributed by atoms with van der Waals surface area (Å²) in [4.78, 5) is 41.8. The van der Waals surface area contributed by atoms with Crippen molar-refractivity contribution in [3.05, 3.63) is 65.5 Å². The molecule has 0 radical (unpaired) electrons. The van der Waals surface area contributed by atoms with Crippen LogP contribution in [0.2, 0.25) is 0 Å². The lowest BCUT2D eigenvalue weighted by Gasteiger charge is -2.38. The number of carbonyl (C=O) groups excluding carboxylic acids is 3. The minimum atomic E-state index is -1.15. The molecule has 2 aliphatic rings. The van der Waals surface area contributed by atoms with Crippen LogP contribution in [0, 0.1) is 11.7 Å². The predicted molar refractivity (Wildman–Crippen MR) is 107 cm³/mol. The summed E-state index contributed by atoms with van der Waals surface area (Å²) in [6, 6.07) is 12.4. The molecular weight excluding hydrogens is 389 g/mol. The number of fused-ring (bicyclic) bond motifs is 1. The van der Waals surface area contributed by atoms with Crippen LogP contribution in [0.5, 0.6) is 0 Å². The fourth-order valence-electron chi connectivity index (χ4n) is 4.07. The van der Waals surface area contributed by atoms with E-state index in [2.05, 4.69) is 10.2 Å². The molecule has 2 atom stereocenters. The van der Waals surface area contributed by atoms with Crippen molar-refractivity contribution in [1.82, 2.24) is 10.2 Å². The zero-order chi connectivity index (χ0) is 21.3. The average molecular weight is 411 g/mol. The summed E-state index contributed by atoms with van der Waals surface area (Å²) >= 11 is 0. The minimum absolute atomic E-state index is 0.299. The predicted octanol–water partition coefficient (Wildman–Crippen LogP) is 1.75. The van der Waals surface area contributed by atoms with Crippen LogP contribution < -0.4 is 10.2 Å². The molecule has 2 heterocycles. The van der Waals surface area contributed by atoms with E-state index in [1.54, 1.807) is 41.3 Å². The number of piperazine rings is 1. The SMILES string of the molecule is COC(=O)C(C(=O)N1CCN(c2ccc(F)cc2)CC1)C1NC(=O)c2ccccc21. The Bertz CT molecular complexity index is 971. The van der Waals surface area contributed by atoms with E-state index in [4.69, 9.17) is 4.74 Å². The fourth-order valence-corrected chi connectivity index (χ4v) is 4.07. The normalized spacial score (nSPS) is 19.1. The first-order valence-electron chi connectivity index (χ1n) is 9.76. The fraction of sp³-hybridized carbons (Fsp3) is 0.318. The molecule has 1 saturated heterocycles. The molecule has 7 nitrogen and oxygen atoms in total. The van der Waals surface area contributed by atoms with Crippen LogP contribution >= 0.6 is 0 Å². The highest BCUT2D eigenvalue weighted by atomic mass is 19.1. The Morgan fingerprint density at radius 3 is 2.40 bits per heavy atom. The Labute approximate surface area is 173 Å². The van der Waals surface area contributed by atoms with E-state index in [0.29, 0.717) is 37.3 Å². The van der Waals surface area contributed by atoms with Gasteiger partial charge in [0.15, 0.2) is 5.92 Å². The molecule has 0 aromatic heterocycles. The molecule has 0 spiro atoms. The van der Waals surface area contributed by atoms with Gasteiger partial charge in [-0.25, -0.2) is 4.39 Å². The lowest BCUT2D eigenvalue weighted by atomic mass is 9.91. The molecule has 0 bridgehead atoms. The van der Waals surface area contributed by atoms with E-state index in [1.807, 2.05) is 0 Å². The molecule has 2 aliphatic heterocycles. The highest BCUT2D eigenvalue weighted by Gasteiger charge is 2.44. The Hall–Kier alpha value is -3.42. The highest BCUT2D eigenvalue weighted by Crippen LogP contribution is 2.33. The van der Waals surface area contributed by atoms with Crippen LogP contribution in [0.1, 0.15) is 22.0 Å². The number of hydrogen-bond acceptors (Lipinski definition) is 5. The number of ether oxygens (including phenoxy) is 1. The van der Waals surface area contributed by atoms with Gasteiger partial charge in [0.1, 0.15) is 5.82 Å². The molecule has 2 unspecified atom stereocenters. The van der Waals surface area contributed by atoms with Crippen LogP contribution in [-0.2, 0) is 14.3 Å². The number of anilines is 1. The first-order valence-corrected chi connectivity index (χ1v) is 9.76. The molecule has 30 heavy (non-hydrogen) atoms. The topological polar surface area (TPSA) is 79.0 Å². The number of carbonyl (C=O) groups is 3. The second-order valence-corrected chi connectivity index (χ2v) is 7.33. The van der Waals surface area contributed by atoms with Crippen LogP contribution in [0.4, 0.5) is 10.1 Å². The van der Waals surface area contributed by atoms with E-state index < -0.39 is 17.9 Å². The van der Waals surface area contributed by atoms with Gasteiger partial charge in [-0.15, -0.1) is 0 Å². The van der Waals surface area contributed by atoms with Crippen molar-refractivity contribution in [3.63, 3.8) is 0 Å². The van der Waals surface area contributed by atoms with E-state index in [-0.39, 0.29) is 17.6 Å². The zero-order valence-electron chi connectivity index (χ0n) is 16.5. The lowest BCUT2D eigenvalue weighted by Crippen LogP contribution is -2.53. The summed E-state index contributed by atoms with van der Waals surface area (Å²) in [5.41, 5.74) is 1.96. The van der Waals surface area contributed by atoms with Crippen LogP contribution in [0.25, 0.3) is 0 Å². The smallest absolute Gasteiger partial charge is 0.320 e. The number of rotatable bonds is 4. The van der Waals surface area contributed by atoms with Gasteiger partial charge in [0.2, 0.25) is 5.91 Å². The second kappa shape index (κ2) is 8.14. The number of benzene rings is 2. The molecule has 2 aromatic rings. The van der Waals surface area contributed by atoms with E-state index in [0.717, 1.165) is 5.69 Å². The van der Waals surface area contributed by atoms with Gasteiger partial charge >= 0.3 is 5.97 Å². The van der Waals surface area contributed by atoms with Gasteiger partial charge < -0.3 is 19.9 Å². The first kappa shape index (κ1) is 19.9. The third kappa shape index (κ3) is 3.60. The molecule has 4 rings (SSSR count). The zero-order valence-corrected chi connectivity index (χ0v) is 16.5. The van der Waals surface area contributed by atoms with E-state index in [1.165, 1.54) is 19.2 Å². The molecule has 2 amide bonds. The summed E-state index contributed by atoms with van der Waals surface area (Å²) < 4.78 is 18.1. The average Bonchev–Trinajstić information content (AvgIpc) is 3.11. The maximum atomic E-state index is 13.3. The third-order valence-corrected chi connectivity index (χ3v) is 5.66. The highest BCUT2D eigenvalue weighted by molar-refractivity contribution is 6.04. The molecule has 156 valence electrons. The number of amides is 2. The van der Waals surface area contributed by atoms with Crippen molar-refractivity contribution < 1.29 is 23.5 Å². The molecule has 0 aliphatic carbocycles. The monoisotopic (exact) mass is 411 g/mol. The largest absolute Gasteiger partial charge is 0.468 e. The van der Waals surface area contributed by atoms with Gasteiger partial charge in [-0.1, -0.05) is 18.2 Å². The summed E-state index contributed by atoms with van der Waals surface area (Å²) in [6.07, 6.45) is 0. The first-order chi connectivity index (χ1) is 14.5. The summed E-state index contributed by atoms with van der Waals surface area (Å²) in [5.74, 6) is -2.81. The van der Waals surface area contributed by atoms with Crippen LogP contribution in [-0.4, -0.2) is 56.0 Å². The molecule has 1 fully saturated rings. The van der Waals surface area contributed by atoms with E-state index >= 15 is 0 Å². The van der Waals surface area contributed by atoms with Crippen molar-refractivity contribution in [1.29, 1.82) is 0 Å². The summed E-state index contributed by atoms with van der Waals surface area (Å²) in [6.45, 7) is 1.93. The van der Waals surface area contributed by atoms with Crippen LogP contribution in [0.3, 0.4) is 0 Å². The van der Waals surface area contributed by atoms with Gasteiger partial charge in [-0.05, 0) is 35.9 Å². The number of methoxy groups -OCH3 is 1. The van der Waals surface area contributed by atoms with Crippen molar-refractivity contribution in [3.8, 4) is 0 Å². The van der Waals surface area contributed by atoms with Crippen molar-refractivity contribution >= 4 is 23.5 Å². The molecular formula is C22H22FN3O4. The van der Waals surface area contributed by atoms with Crippen molar-refractivity contribution in [2.24, 2.45) is 5.92 Å². The van der Waals surface area contributed by atoms with Gasteiger partial charge in [-0.2, -0.15) is 0 Å². The lowest BCUT2D eigenvalue weighted by molar-refractivity contribution is -0.155. The number of hydrogen-bond donors (Lipinski definition) is 1. The number of esters is 1. The minimum Gasteiger partial charge on any atom is -0.468 e. The quantitative estimate of drug-likeness (QED) is 0.613. The maximum Gasteiger partial charge on any atom is 0.320 e. The van der Waals surface area contributed by atoms with Gasteiger partial charge in [0.05, 0.1) is 13.2 Å². The van der Waals surface area contributed by atoms with Gasteiger partial charge in [0, 0.05) is 37.4 Å².